The molecule has 1 N–H and O–H groups in total. The molecule has 118 valence electrons. The number of hydrogen-bond donors (Lipinski definition) is 1. The van der Waals surface area contributed by atoms with E-state index in [0.717, 1.165) is 11.3 Å². The van der Waals surface area contributed by atoms with E-state index >= 15 is 0 Å². The predicted molar refractivity (Wildman–Crippen MR) is 84.1 cm³/mol. The molecule has 0 amide bonds. The number of carboxylic acids is 1. The molecule has 3 rings (SSSR count). The van der Waals surface area contributed by atoms with Crippen LogP contribution in [0.25, 0.3) is 11.1 Å². The molecule has 0 bridgehead atoms. The molecular weight excluding hydrogens is 298 g/mol. The third-order valence-electron chi connectivity index (χ3n) is 3.49. The summed E-state index contributed by atoms with van der Waals surface area (Å²) < 4.78 is 12.1. The van der Waals surface area contributed by atoms with Crippen LogP contribution in [0.15, 0.2) is 51.7 Å². The maximum Gasteiger partial charge on any atom is 0.420 e. The van der Waals surface area contributed by atoms with Gasteiger partial charge in [0.2, 0.25) is 0 Å². The fourth-order valence-corrected chi connectivity index (χ4v) is 2.37. The third-order valence-corrected chi connectivity index (χ3v) is 3.49. The first-order valence-corrected chi connectivity index (χ1v) is 7.11. The SMILES string of the molecule is Cc1cccc(OCCn2c(=O)oc3ccc(C(=O)O)cc32)c1. The molecular formula is C17H15NO5. The highest BCUT2D eigenvalue weighted by atomic mass is 16.5. The zero-order valence-electron chi connectivity index (χ0n) is 12.5. The smallest absolute Gasteiger partial charge is 0.420 e. The van der Waals surface area contributed by atoms with Crippen LogP contribution in [0, 0.1) is 6.92 Å². The van der Waals surface area contributed by atoms with E-state index in [1.165, 1.54) is 22.8 Å². The average molecular weight is 313 g/mol. The highest BCUT2D eigenvalue weighted by Crippen LogP contribution is 2.16. The number of aromatic nitrogens is 1. The first kappa shape index (κ1) is 14.9. The van der Waals surface area contributed by atoms with E-state index < -0.39 is 11.7 Å². The lowest BCUT2D eigenvalue weighted by atomic mass is 10.2. The van der Waals surface area contributed by atoms with Crippen molar-refractivity contribution in [3.63, 3.8) is 0 Å². The summed E-state index contributed by atoms with van der Waals surface area (Å²) in [6.07, 6.45) is 0. The second kappa shape index (κ2) is 6.00. The molecule has 1 heterocycles. The van der Waals surface area contributed by atoms with E-state index in [1.807, 2.05) is 31.2 Å². The van der Waals surface area contributed by atoms with Gasteiger partial charge in [-0.2, -0.15) is 0 Å². The van der Waals surface area contributed by atoms with Crippen molar-refractivity contribution in [2.45, 2.75) is 13.5 Å². The van der Waals surface area contributed by atoms with Crippen molar-refractivity contribution < 1.29 is 19.1 Å². The molecule has 0 aliphatic carbocycles. The zero-order valence-corrected chi connectivity index (χ0v) is 12.5. The van der Waals surface area contributed by atoms with Gasteiger partial charge in [0, 0.05) is 0 Å². The summed E-state index contributed by atoms with van der Waals surface area (Å²) in [4.78, 5) is 23.0. The molecule has 0 saturated carbocycles. The van der Waals surface area contributed by atoms with Crippen molar-refractivity contribution in [3.05, 3.63) is 64.1 Å². The summed E-state index contributed by atoms with van der Waals surface area (Å²) in [5.74, 6) is -0.865. The first-order valence-electron chi connectivity index (χ1n) is 7.11. The molecule has 0 aliphatic heterocycles. The van der Waals surface area contributed by atoms with Gasteiger partial charge < -0.3 is 14.3 Å². The van der Waals surface area contributed by atoms with Crippen LogP contribution >= 0.6 is 0 Å². The fraction of sp³-hybridized carbons (Fsp3) is 0.176. The van der Waals surface area contributed by atoms with E-state index in [2.05, 4.69) is 0 Å². The third kappa shape index (κ3) is 3.11. The van der Waals surface area contributed by atoms with Crippen molar-refractivity contribution in [2.75, 3.05) is 6.61 Å². The second-order valence-corrected chi connectivity index (χ2v) is 5.17. The minimum absolute atomic E-state index is 0.103. The molecule has 0 spiro atoms. The van der Waals surface area contributed by atoms with Crippen LogP contribution in [-0.2, 0) is 6.54 Å². The molecule has 0 fully saturated rings. The van der Waals surface area contributed by atoms with Crippen LogP contribution in [0.3, 0.4) is 0 Å². The Morgan fingerprint density at radius 3 is 2.83 bits per heavy atom. The van der Waals surface area contributed by atoms with Crippen molar-refractivity contribution in [1.29, 1.82) is 0 Å². The largest absolute Gasteiger partial charge is 0.492 e. The lowest BCUT2D eigenvalue weighted by molar-refractivity contribution is 0.0697. The number of rotatable bonds is 5. The van der Waals surface area contributed by atoms with Crippen LogP contribution in [0.5, 0.6) is 5.75 Å². The monoisotopic (exact) mass is 313 g/mol. The van der Waals surface area contributed by atoms with Crippen molar-refractivity contribution in [1.82, 2.24) is 4.57 Å². The molecule has 2 aromatic carbocycles. The average Bonchev–Trinajstić information content (AvgIpc) is 2.82. The van der Waals surface area contributed by atoms with Gasteiger partial charge >= 0.3 is 11.7 Å². The van der Waals surface area contributed by atoms with Crippen LogP contribution in [-0.4, -0.2) is 22.2 Å². The number of hydrogen-bond acceptors (Lipinski definition) is 4. The second-order valence-electron chi connectivity index (χ2n) is 5.17. The Hall–Kier alpha value is -3.02. The van der Waals surface area contributed by atoms with E-state index in [-0.39, 0.29) is 18.7 Å². The number of carboxylic acid groups (broad SMARTS) is 1. The van der Waals surface area contributed by atoms with Gasteiger partial charge in [-0.25, -0.2) is 9.59 Å². The van der Waals surface area contributed by atoms with Crippen molar-refractivity contribution in [3.8, 4) is 5.75 Å². The van der Waals surface area contributed by atoms with E-state index in [1.54, 1.807) is 0 Å². The first-order chi connectivity index (χ1) is 11.0. The molecule has 0 atom stereocenters. The number of fused-ring (bicyclic) bond motifs is 1. The minimum atomic E-state index is -1.05. The summed E-state index contributed by atoms with van der Waals surface area (Å²) in [5, 5.41) is 9.05. The van der Waals surface area contributed by atoms with E-state index in [0.29, 0.717) is 11.1 Å². The van der Waals surface area contributed by atoms with Gasteiger partial charge in [0.05, 0.1) is 17.6 Å². The summed E-state index contributed by atoms with van der Waals surface area (Å²) in [6.45, 7) is 2.51. The highest BCUT2D eigenvalue weighted by Gasteiger charge is 2.12. The number of benzene rings is 2. The van der Waals surface area contributed by atoms with Crippen LogP contribution in [0.4, 0.5) is 0 Å². The highest BCUT2D eigenvalue weighted by molar-refractivity contribution is 5.91. The zero-order chi connectivity index (χ0) is 16.4. The summed E-state index contributed by atoms with van der Waals surface area (Å²) in [6, 6.07) is 11.9. The number of aryl methyl sites for hydroxylation is 1. The van der Waals surface area contributed by atoms with Crippen LogP contribution < -0.4 is 10.5 Å². The van der Waals surface area contributed by atoms with Gasteiger partial charge in [0.15, 0.2) is 5.58 Å². The van der Waals surface area contributed by atoms with Crippen molar-refractivity contribution in [2.24, 2.45) is 0 Å². The number of oxazole rings is 1. The Kier molecular flexibility index (Phi) is 3.89. The maximum absolute atomic E-state index is 11.9. The topological polar surface area (TPSA) is 81.7 Å². The van der Waals surface area contributed by atoms with Crippen molar-refractivity contribution >= 4 is 17.1 Å². The summed E-state index contributed by atoms with van der Waals surface area (Å²) >= 11 is 0. The Bertz CT molecular complexity index is 922. The van der Waals surface area contributed by atoms with Gasteiger partial charge in [-0.15, -0.1) is 0 Å². The summed E-state index contributed by atoms with van der Waals surface area (Å²) in [5.41, 5.74) is 1.99. The lowest BCUT2D eigenvalue weighted by Gasteiger charge is -2.07. The molecule has 6 nitrogen and oxygen atoms in total. The van der Waals surface area contributed by atoms with E-state index in [9.17, 15) is 9.59 Å². The van der Waals surface area contributed by atoms with Crippen LogP contribution in [0.1, 0.15) is 15.9 Å². The number of aromatic carboxylic acids is 1. The standard InChI is InChI=1S/C17H15NO5/c1-11-3-2-4-13(9-11)22-8-7-18-14-10-12(16(19)20)5-6-15(14)23-17(18)21/h2-6,9-10H,7-8H2,1H3,(H,19,20). The van der Waals surface area contributed by atoms with Gasteiger partial charge in [0.25, 0.3) is 0 Å². The molecule has 0 unspecified atom stereocenters. The fourth-order valence-electron chi connectivity index (χ4n) is 2.37. The summed E-state index contributed by atoms with van der Waals surface area (Å²) in [7, 11) is 0. The van der Waals surface area contributed by atoms with Gasteiger partial charge in [-0.1, -0.05) is 12.1 Å². The molecule has 0 aliphatic rings. The molecule has 3 aromatic rings. The number of ether oxygens (including phenoxy) is 1. The van der Waals surface area contributed by atoms with Gasteiger partial charge in [-0.3, -0.25) is 4.57 Å². The minimum Gasteiger partial charge on any atom is -0.492 e. The Morgan fingerprint density at radius 1 is 1.26 bits per heavy atom. The van der Waals surface area contributed by atoms with Gasteiger partial charge in [-0.05, 0) is 42.8 Å². The lowest BCUT2D eigenvalue weighted by Crippen LogP contribution is -2.18. The predicted octanol–water partition coefficient (Wildman–Crippen LogP) is 2.68. The Balaban J connectivity index is 1.82. The Labute approximate surface area is 131 Å². The molecule has 1 aromatic heterocycles. The number of carbonyl (C=O) groups is 1. The molecule has 0 radical (unpaired) electrons. The molecule has 6 heteroatoms. The molecule has 23 heavy (non-hydrogen) atoms. The normalized spacial score (nSPS) is 10.8. The quantitative estimate of drug-likeness (QED) is 0.783. The number of nitrogens with zero attached hydrogens (tertiary/aromatic N) is 1. The van der Waals surface area contributed by atoms with Gasteiger partial charge in [0.1, 0.15) is 12.4 Å². The molecule has 0 saturated heterocycles. The Morgan fingerprint density at radius 2 is 2.09 bits per heavy atom. The van der Waals surface area contributed by atoms with Crippen LogP contribution in [0.2, 0.25) is 0 Å². The maximum atomic E-state index is 11.9. The van der Waals surface area contributed by atoms with E-state index in [4.69, 9.17) is 14.3 Å².